The van der Waals surface area contributed by atoms with Crippen LogP contribution in [-0.2, 0) is 17.6 Å². The summed E-state index contributed by atoms with van der Waals surface area (Å²) in [5, 5.41) is 30.8. The van der Waals surface area contributed by atoms with Gasteiger partial charge in [0, 0.05) is 13.1 Å². The largest absolute Gasteiger partial charge is 0.487 e. The first-order chi connectivity index (χ1) is 15.4. The molecular weight excluding hydrogens is 424 g/mol. The van der Waals surface area contributed by atoms with Crippen molar-refractivity contribution in [2.45, 2.75) is 50.1 Å². The Balaban J connectivity index is 0.000000913. The molecule has 9 heteroatoms. The second kappa shape index (κ2) is 11.2. The summed E-state index contributed by atoms with van der Waals surface area (Å²) in [6, 6.07) is 8.79. The fourth-order valence-electron chi connectivity index (χ4n) is 3.94. The van der Waals surface area contributed by atoms with Gasteiger partial charge in [-0.2, -0.15) is 0 Å². The van der Waals surface area contributed by atoms with Gasteiger partial charge in [0.25, 0.3) is 6.47 Å². The normalized spacial score (nSPS) is 20.9. The fourth-order valence-corrected chi connectivity index (χ4v) is 3.94. The average Bonchev–Trinajstić information content (AvgIpc) is 2.78. The summed E-state index contributed by atoms with van der Waals surface area (Å²) in [6.07, 6.45) is 0.214. The van der Waals surface area contributed by atoms with Crippen LogP contribution in [0.2, 0.25) is 0 Å². The number of hydrogen-bond donors (Lipinski definition) is 4. The van der Waals surface area contributed by atoms with Crippen molar-refractivity contribution >= 4 is 6.47 Å². The Kier molecular flexibility index (Phi) is 8.38. The summed E-state index contributed by atoms with van der Waals surface area (Å²) in [7, 11) is 0. The Hall–Kier alpha value is -2.75. The Morgan fingerprint density at radius 3 is 1.72 bits per heavy atom. The van der Waals surface area contributed by atoms with Crippen molar-refractivity contribution in [2.75, 3.05) is 13.1 Å². The molecule has 174 valence electrons. The minimum atomic E-state index is -0.753. The minimum Gasteiger partial charge on any atom is -0.487 e. The highest BCUT2D eigenvalue weighted by Crippen LogP contribution is 2.30. The van der Waals surface area contributed by atoms with Crippen LogP contribution in [0.5, 0.6) is 11.5 Å². The summed E-state index contributed by atoms with van der Waals surface area (Å²) in [4.78, 5) is 8.36. The van der Waals surface area contributed by atoms with Crippen molar-refractivity contribution in [1.29, 1.82) is 0 Å². The quantitative estimate of drug-likeness (QED) is 0.498. The summed E-state index contributed by atoms with van der Waals surface area (Å²) in [5.41, 5.74) is 1.62. The van der Waals surface area contributed by atoms with Crippen molar-refractivity contribution in [3.63, 3.8) is 0 Å². The van der Waals surface area contributed by atoms with Crippen LogP contribution in [0.4, 0.5) is 8.78 Å². The first-order valence-electron chi connectivity index (χ1n) is 10.5. The number of rotatable bonds is 6. The Labute approximate surface area is 184 Å². The van der Waals surface area contributed by atoms with Gasteiger partial charge in [-0.3, -0.25) is 4.79 Å². The fraction of sp³-hybridized carbons (Fsp3) is 0.435. The van der Waals surface area contributed by atoms with Gasteiger partial charge in [-0.25, -0.2) is 8.78 Å². The van der Waals surface area contributed by atoms with Crippen molar-refractivity contribution in [3.05, 3.63) is 59.2 Å². The highest BCUT2D eigenvalue weighted by atomic mass is 19.1. The molecule has 0 amide bonds. The first-order valence-corrected chi connectivity index (χ1v) is 10.5. The highest BCUT2D eigenvalue weighted by molar-refractivity contribution is 5.37. The zero-order valence-electron chi connectivity index (χ0n) is 17.4. The predicted molar refractivity (Wildman–Crippen MR) is 112 cm³/mol. The molecule has 0 saturated heterocycles. The third kappa shape index (κ3) is 6.15. The number of carboxylic acid groups (broad SMARTS) is 1. The molecule has 2 unspecified atom stereocenters. The minimum absolute atomic E-state index is 0.250. The van der Waals surface area contributed by atoms with E-state index in [0.717, 1.165) is 11.1 Å². The van der Waals surface area contributed by atoms with E-state index in [1.807, 2.05) is 0 Å². The summed E-state index contributed by atoms with van der Waals surface area (Å²) in [5.74, 6) is 0.624. The Bertz CT molecular complexity index is 843. The monoisotopic (exact) mass is 451 g/mol. The smallest absolute Gasteiger partial charge is 0.290 e. The van der Waals surface area contributed by atoms with E-state index in [-0.39, 0.29) is 43.4 Å². The standard InChI is InChI=1S/C22H25F2NO4.CH2O2/c23-15-3-7-19-13(9-15)1-5-21(28-19)17(26)11-25-12-18(27)22-6-2-14-10-16(24)4-8-20(14)29-22;2-1-3/h3-4,7-10,17-18,21-22,25-27H,1-2,5-6,11-12H2;1H,(H,2,3)/t17-,18?,21?,22-;/m1./s1. The molecule has 4 N–H and O–H groups in total. The van der Waals surface area contributed by atoms with Crippen molar-refractivity contribution < 1.29 is 38.4 Å². The molecule has 0 aromatic heterocycles. The van der Waals surface area contributed by atoms with Crippen LogP contribution in [0.1, 0.15) is 24.0 Å². The van der Waals surface area contributed by atoms with E-state index in [2.05, 4.69) is 5.32 Å². The molecule has 2 aromatic carbocycles. The molecule has 0 spiro atoms. The van der Waals surface area contributed by atoms with Gasteiger partial charge in [0.1, 0.15) is 47.5 Å². The molecule has 0 radical (unpaired) electrons. The molecule has 7 nitrogen and oxygen atoms in total. The second-order valence-corrected chi connectivity index (χ2v) is 7.79. The molecule has 0 saturated carbocycles. The number of aryl methyl sites for hydroxylation is 2. The number of benzene rings is 2. The number of ether oxygens (including phenoxy) is 2. The van der Waals surface area contributed by atoms with Gasteiger partial charge in [-0.05, 0) is 73.2 Å². The number of fused-ring (bicyclic) bond motifs is 2. The topological polar surface area (TPSA) is 108 Å². The third-order valence-corrected chi connectivity index (χ3v) is 5.56. The van der Waals surface area contributed by atoms with E-state index in [1.165, 1.54) is 24.3 Å². The number of aliphatic hydroxyl groups is 2. The lowest BCUT2D eigenvalue weighted by atomic mass is 9.98. The maximum absolute atomic E-state index is 13.3. The van der Waals surface area contributed by atoms with E-state index in [4.69, 9.17) is 19.4 Å². The lowest BCUT2D eigenvalue weighted by Gasteiger charge is -2.31. The van der Waals surface area contributed by atoms with Gasteiger partial charge in [0.05, 0.1) is 0 Å². The molecular formula is C23H27F2NO6. The van der Waals surface area contributed by atoms with E-state index in [9.17, 15) is 19.0 Å². The first kappa shape index (κ1) is 23.9. The van der Waals surface area contributed by atoms with Gasteiger partial charge in [0.2, 0.25) is 0 Å². The molecule has 2 aliphatic heterocycles. The molecule has 2 aromatic rings. The van der Waals surface area contributed by atoms with Crippen molar-refractivity contribution in [2.24, 2.45) is 0 Å². The highest BCUT2D eigenvalue weighted by Gasteiger charge is 2.29. The van der Waals surface area contributed by atoms with Crippen molar-refractivity contribution in [1.82, 2.24) is 5.32 Å². The molecule has 32 heavy (non-hydrogen) atoms. The van der Waals surface area contributed by atoms with Gasteiger partial charge < -0.3 is 30.1 Å². The summed E-state index contributed by atoms with van der Waals surface area (Å²) in [6.45, 7) is 0.263. The molecule has 0 fully saturated rings. The number of aliphatic hydroxyl groups excluding tert-OH is 2. The van der Waals surface area contributed by atoms with Gasteiger partial charge in [-0.15, -0.1) is 0 Å². The van der Waals surface area contributed by atoms with Crippen LogP contribution < -0.4 is 14.8 Å². The summed E-state index contributed by atoms with van der Waals surface area (Å²) >= 11 is 0. The average molecular weight is 451 g/mol. The number of hydrogen-bond acceptors (Lipinski definition) is 6. The maximum atomic E-state index is 13.3. The number of carbonyl (C=O) groups is 1. The van der Waals surface area contributed by atoms with Gasteiger partial charge >= 0.3 is 0 Å². The SMILES string of the molecule is O=CO.OC(CNC[C@@H](O)C1CCc2cc(F)ccc2O1)[C@H]1CCc2cc(F)ccc2O1. The second-order valence-electron chi connectivity index (χ2n) is 7.79. The number of nitrogens with one attached hydrogen (secondary N) is 1. The predicted octanol–water partition coefficient (Wildman–Crippen LogP) is 2.06. The van der Waals surface area contributed by atoms with Crippen LogP contribution in [0, 0.1) is 11.6 Å². The van der Waals surface area contributed by atoms with Gasteiger partial charge in [-0.1, -0.05) is 0 Å². The lowest BCUT2D eigenvalue weighted by molar-refractivity contribution is -0.122. The third-order valence-electron chi connectivity index (χ3n) is 5.56. The maximum Gasteiger partial charge on any atom is 0.290 e. The van der Waals surface area contributed by atoms with E-state index in [0.29, 0.717) is 37.2 Å². The van der Waals surface area contributed by atoms with Crippen LogP contribution >= 0.6 is 0 Å². The molecule has 0 aliphatic carbocycles. The van der Waals surface area contributed by atoms with Crippen LogP contribution in [0.25, 0.3) is 0 Å². The summed E-state index contributed by atoms with van der Waals surface area (Å²) < 4.78 is 38.2. The van der Waals surface area contributed by atoms with Crippen LogP contribution in [0.15, 0.2) is 36.4 Å². The van der Waals surface area contributed by atoms with E-state index < -0.39 is 12.2 Å². The molecule has 2 aliphatic rings. The zero-order valence-corrected chi connectivity index (χ0v) is 17.4. The van der Waals surface area contributed by atoms with Crippen molar-refractivity contribution in [3.8, 4) is 11.5 Å². The van der Waals surface area contributed by atoms with E-state index >= 15 is 0 Å². The number of halogens is 2. The molecule has 2 heterocycles. The molecule has 4 atom stereocenters. The molecule has 0 bridgehead atoms. The lowest BCUT2D eigenvalue weighted by Crippen LogP contribution is -2.46. The Morgan fingerprint density at radius 1 is 0.906 bits per heavy atom. The Morgan fingerprint density at radius 2 is 1.31 bits per heavy atom. The molecule has 4 rings (SSSR count). The van der Waals surface area contributed by atoms with Gasteiger partial charge in [0.15, 0.2) is 0 Å². The zero-order chi connectivity index (χ0) is 23.1. The van der Waals surface area contributed by atoms with E-state index in [1.54, 1.807) is 12.1 Å². The van der Waals surface area contributed by atoms with Crippen LogP contribution in [0.3, 0.4) is 0 Å². The van der Waals surface area contributed by atoms with Crippen LogP contribution in [-0.4, -0.2) is 59.3 Å².